The van der Waals surface area contributed by atoms with E-state index in [1.165, 1.54) is 25.1 Å². The number of carbonyl (C=O) groups excluding carboxylic acids is 3. The summed E-state index contributed by atoms with van der Waals surface area (Å²) in [4.78, 5) is 41.0. The van der Waals surface area contributed by atoms with Gasteiger partial charge in [-0.1, -0.05) is 24.3 Å². The van der Waals surface area contributed by atoms with Crippen molar-refractivity contribution in [1.82, 2.24) is 4.90 Å². The van der Waals surface area contributed by atoms with Gasteiger partial charge in [0.1, 0.15) is 11.5 Å². The van der Waals surface area contributed by atoms with Crippen LogP contribution in [-0.4, -0.2) is 47.4 Å². The summed E-state index contributed by atoms with van der Waals surface area (Å²) in [5.41, 5.74) is 1.36. The molecular weight excluding hydrogens is 413 g/mol. The molecule has 32 heavy (non-hydrogen) atoms. The van der Waals surface area contributed by atoms with Gasteiger partial charge >= 0.3 is 0 Å². The minimum atomic E-state index is -0.664. The van der Waals surface area contributed by atoms with Crippen LogP contribution in [0.2, 0.25) is 0 Å². The second kappa shape index (κ2) is 8.92. The second-order valence-corrected chi connectivity index (χ2v) is 8.02. The van der Waals surface area contributed by atoms with Crippen molar-refractivity contribution in [3.05, 3.63) is 65.6 Å². The molecule has 0 aromatic heterocycles. The number of carbonyl (C=O) groups is 3. The van der Waals surface area contributed by atoms with Crippen LogP contribution in [0.5, 0.6) is 0 Å². The van der Waals surface area contributed by atoms with E-state index in [-0.39, 0.29) is 35.4 Å². The third-order valence-corrected chi connectivity index (χ3v) is 5.74. The van der Waals surface area contributed by atoms with E-state index in [1.54, 1.807) is 30.3 Å². The minimum absolute atomic E-state index is 0.00921. The molecule has 3 amide bonds. The molecule has 7 nitrogen and oxygen atoms in total. The summed E-state index contributed by atoms with van der Waals surface area (Å²) in [5.74, 6) is -2.08. The monoisotopic (exact) mass is 437 g/mol. The molecule has 4 rings (SSSR count). The lowest BCUT2D eigenvalue weighted by Gasteiger charge is -2.34. The molecule has 2 N–H and O–H groups in total. The van der Waals surface area contributed by atoms with Gasteiger partial charge in [-0.05, 0) is 48.6 Å². The number of rotatable bonds is 5. The van der Waals surface area contributed by atoms with E-state index in [1.807, 2.05) is 4.90 Å². The Bertz CT molecular complexity index is 1100. The van der Waals surface area contributed by atoms with E-state index in [0.29, 0.717) is 24.3 Å². The SMILES string of the molecule is CC(=O)Nc1ccc(C2=C(N3CCCC(CO)C3)C(=O)N(c3ccccc3F)C2=O)cc1. The summed E-state index contributed by atoms with van der Waals surface area (Å²) in [6, 6.07) is 12.3. The summed E-state index contributed by atoms with van der Waals surface area (Å²) in [7, 11) is 0. The predicted octanol–water partition coefficient (Wildman–Crippen LogP) is 2.77. The molecular formula is C24H24FN3O4. The third-order valence-electron chi connectivity index (χ3n) is 5.74. The first kappa shape index (κ1) is 21.7. The van der Waals surface area contributed by atoms with Crippen LogP contribution in [0.4, 0.5) is 15.8 Å². The number of nitrogens with zero attached hydrogens (tertiary/aromatic N) is 2. The number of nitrogens with one attached hydrogen (secondary N) is 1. The van der Waals surface area contributed by atoms with Gasteiger partial charge in [0, 0.05) is 32.3 Å². The quantitative estimate of drug-likeness (QED) is 0.702. The highest BCUT2D eigenvalue weighted by Gasteiger charge is 2.44. The molecule has 2 aliphatic heterocycles. The van der Waals surface area contributed by atoms with Crippen LogP contribution >= 0.6 is 0 Å². The number of benzene rings is 2. The summed E-state index contributed by atoms with van der Waals surface area (Å²) >= 11 is 0. The van der Waals surface area contributed by atoms with Gasteiger partial charge in [-0.25, -0.2) is 9.29 Å². The van der Waals surface area contributed by atoms with E-state index in [9.17, 15) is 23.9 Å². The Labute approximate surface area is 185 Å². The van der Waals surface area contributed by atoms with Crippen LogP contribution in [0.25, 0.3) is 5.57 Å². The molecule has 2 aromatic rings. The zero-order chi connectivity index (χ0) is 22.8. The van der Waals surface area contributed by atoms with Crippen molar-refractivity contribution in [2.45, 2.75) is 19.8 Å². The summed E-state index contributed by atoms with van der Waals surface area (Å²) in [5, 5.41) is 12.3. The van der Waals surface area contributed by atoms with Crippen molar-refractivity contribution < 1.29 is 23.9 Å². The normalized spacial score (nSPS) is 19.0. The molecule has 1 atom stereocenters. The lowest BCUT2D eigenvalue weighted by Crippen LogP contribution is -2.40. The first-order chi connectivity index (χ1) is 15.4. The van der Waals surface area contributed by atoms with Gasteiger partial charge in [0.05, 0.1) is 11.3 Å². The van der Waals surface area contributed by atoms with Crippen LogP contribution in [0.3, 0.4) is 0 Å². The van der Waals surface area contributed by atoms with Crippen LogP contribution in [0.15, 0.2) is 54.2 Å². The van der Waals surface area contributed by atoms with Gasteiger partial charge in [0.2, 0.25) is 5.91 Å². The molecule has 166 valence electrons. The molecule has 1 unspecified atom stereocenters. The van der Waals surface area contributed by atoms with Gasteiger partial charge in [0.25, 0.3) is 11.8 Å². The highest BCUT2D eigenvalue weighted by atomic mass is 19.1. The zero-order valence-electron chi connectivity index (χ0n) is 17.7. The fourth-order valence-electron chi connectivity index (χ4n) is 4.26. The van der Waals surface area contributed by atoms with E-state index in [2.05, 4.69) is 5.32 Å². The summed E-state index contributed by atoms with van der Waals surface area (Å²) < 4.78 is 14.5. The number of hydrogen-bond donors (Lipinski definition) is 2. The average molecular weight is 437 g/mol. The molecule has 0 aliphatic carbocycles. The van der Waals surface area contributed by atoms with Crippen molar-refractivity contribution in [3.63, 3.8) is 0 Å². The number of aliphatic hydroxyl groups is 1. The zero-order valence-corrected chi connectivity index (χ0v) is 17.7. The topological polar surface area (TPSA) is 90.0 Å². The summed E-state index contributed by atoms with van der Waals surface area (Å²) in [6.45, 7) is 2.38. The van der Waals surface area contributed by atoms with Crippen LogP contribution < -0.4 is 10.2 Å². The van der Waals surface area contributed by atoms with Crippen molar-refractivity contribution in [2.24, 2.45) is 5.92 Å². The lowest BCUT2D eigenvalue weighted by atomic mass is 9.97. The van der Waals surface area contributed by atoms with Crippen molar-refractivity contribution in [3.8, 4) is 0 Å². The predicted molar refractivity (Wildman–Crippen MR) is 118 cm³/mol. The van der Waals surface area contributed by atoms with Gasteiger partial charge < -0.3 is 15.3 Å². The number of anilines is 2. The number of para-hydroxylation sites is 1. The van der Waals surface area contributed by atoms with Crippen LogP contribution in [-0.2, 0) is 14.4 Å². The van der Waals surface area contributed by atoms with Crippen LogP contribution in [0, 0.1) is 11.7 Å². The highest BCUT2D eigenvalue weighted by molar-refractivity contribution is 6.45. The maximum atomic E-state index is 14.5. The van der Waals surface area contributed by atoms with Gasteiger partial charge in [-0.3, -0.25) is 14.4 Å². The maximum Gasteiger partial charge on any atom is 0.282 e. The van der Waals surface area contributed by atoms with Crippen molar-refractivity contribution >= 4 is 34.7 Å². The molecule has 0 radical (unpaired) electrons. The average Bonchev–Trinajstić information content (AvgIpc) is 3.04. The standard InChI is InChI=1S/C24H24FN3O4/c1-15(30)26-18-10-8-17(9-11-18)21-22(27-12-4-5-16(13-27)14-29)24(32)28(23(21)31)20-7-3-2-6-19(20)25/h2-3,6-11,16,29H,4-5,12-14H2,1H3,(H,26,30). The molecule has 2 heterocycles. The molecule has 2 aliphatic rings. The Morgan fingerprint density at radius 3 is 2.50 bits per heavy atom. The minimum Gasteiger partial charge on any atom is -0.396 e. The molecule has 0 spiro atoms. The largest absolute Gasteiger partial charge is 0.396 e. The Morgan fingerprint density at radius 2 is 1.84 bits per heavy atom. The number of piperidine rings is 1. The summed E-state index contributed by atoms with van der Waals surface area (Å²) in [6.07, 6.45) is 1.60. The lowest BCUT2D eigenvalue weighted by molar-refractivity contribution is -0.121. The molecule has 2 aromatic carbocycles. The Kier molecular flexibility index (Phi) is 6.05. The highest BCUT2D eigenvalue weighted by Crippen LogP contribution is 2.37. The van der Waals surface area contributed by atoms with E-state index in [4.69, 9.17) is 0 Å². The van der Waals surface area contributed by atoms with Crippen molar-refractivity contribution in [2.75, 3.05) is 29.9 Å². The number of hydrogen-bond acceptors (Lipinski definition) is 5. The number of halogens is 1. The molecule has 1 fully saturated rings. The van der Waals surface area contributed by atoms with Gasteiger partial charge in [-0.15, -0.1) is 0 Å². The Hall–Kier alpha value is -3.52. The first-order valence-corrected chi connectivity index (χ1v) is 10.5. The van der Waals surface area contributed by atoms with Gasteiger partial charge in [-0.2, -0.15) is 0 Å². The Balaban J connectivity index is 1.79. The van der Waals surface area contributed by atoms with E-state index in [0.717, 1.165) is 17.7 Å². The second-order valence-electron chi connectivity index (χ2n) is 8.02. The number of amides is 3. The number of imide groups is 1. The van der Waals surface area contributed by atoms with Crippen molar-refractivity contribution in [1.29, 1.82) is 0 Å². The first-order valence-electron chi connectivity index (χ1n) is 10.5. The third kappa shape index (κ3) is 4.01. The fourth-order valence-corrected chi connectivity index (χ4v) is 4.26. The smallest absolute Gasteiger partial charge is 0.282 e. The fraction of sp³-hybridized carbons (Fsp3) is 0.292. The Morgan fingerprint density at radius 1 is 1.12 bits per heavy atom. The maximum absolute atomic E-state index is 14.5. The molecule has 8 heteroatoms. The van der Waals surface area contributed by atoms with E-state index >= 15 is 0 Å². The molecule has 1 saturated heterocycles. The number of likely N-dealkylation sites (tertiary alicyclic amines) is 1. The van der Waals surface area contributed by atoms with E-state index < -0.39 is 17.6 Å². The van der Waals surface area contributed by atoms with Gasteiger partial charge in [0.15, 0.2) is 0 Å². The molecule has 0 bridgehead atoms. The number of aliphatic hydroxyl groups excluding tert-OH is 1. The van der Waals surface area contributed by atoms with Crippen LogP contribution in [0.1, 0.15) is 25.3 Å². The molecule has 0 saturated carbocycles.